The van der Waals surface area contributed by atoms with E-state index in [2.05, 4.69) is 10.6 Å². The molecule has 0 saturated heterocycles. The van der Waals surface area contributed by atoms with E-state index in [1.54, 1.807) is 0 Å². The summed E-state index contributed by atoms with van der Waals surface area (Å²) in [6, 6.07) is -0.186. The van der Waals surface area contributed by atoms with Gasteiger partial charge in [0.25, 0.3) is 0 Å². The van der Waals surface area contributed by atoms with Crippen molar-refractivity contribution in [1.29, 1.82) is 0 Å². The molecule has 0 aromatic heterocycles. The fourth-order valence-corrected chi connectivity index (χ4v) is 1.10. The van der Waals surface area contributed by atoms with Gasteiger partial charge in [0.2, 0.25) is 6.04 Å². The predicted octanol–water partition coefficient (Wildman–Crippen LogP) is 0.679. The van der Waals surface area contributed by atoms with Gasteiger partial charge in [0.15, 0.2) is 5.70 Å². The third-order valence-electron chi connectivity index (χ3n) is 1.63. The second-order valence-corrected chi connectivity index (χ2v) is 2.28. The van der Waals surface area contributed by atoms with Crippen molar-refractivity contribution in [2.24, 2.45) is 5.22 Å². The molecular weight excluding hydrogens is 130 g/mol. The standard InChI is InChI=1S/C6H7N3O/c10-9-6-4-2-1-3-5(6)7-8-9/h2-4,6-7H,1H2. The minimum atomic E-state index is -0.186. The van der Waals surface area contributed by atoms with Crippen LogP contribution in [0, 0.1) is 5.21 Å². The van der Waals surface area contributed by atoms with Crippen molar-refractivity contribution in [2.75, 3.05) is 0 Å². The van der Waals surface area contributed by atoms with Gasteiger partial charge in [-0.25, -0.2) is 0 Å². The van der Waals surface area contributed by atoms with Gasteiger partial charge >= 0.3 is 0 Å². The Bertz CT molecular complexity index is 241. The van der Waals surface area contributed by atoms with E-state index < -0.39 is 0 Å². The van der Waals surface area contributed by atoms with Crippen molar-refractivity contribution in [3.8, 4) is 0 Å². The van der Waals surface area contributed by atoms with Gasteiger partial charge in [-0.05, 0) is 18.6 Å². The van der Waals surface area contributed by atoms with Crippen molar-refractivity contribution >= 4 is 0 Å². The zero-order valence-corrected chi connectivity index (χ0v) is 5.32. The molecule has 0 saturated carbocycles. The number of fused-ring (bicyclic) bond motifs is 1. The van der Waals surface area contributed by atoms with Crippen LogP contribution >= 0.6 is 0 Å². The Labute approximate surface area is 58.1 Å². The Morgan fingerprint density at radius 3 is 3.50 bits per heavy atom. The van der Waals surface area contributed by atoms with Gasteiger partial charge in [-0.1, -0.05) is 6.08 Å². The van der Waals surface area contributed by atoms with E-state index in [9.17, 15) is 5.21 Å². The van der Waals surface area contributed by atoms with E-state index >= 15 is 0 Å². The van der Waals surface area contributed by atoms with Crippen LogP contribution in [0.15, 0.2) is 29.1 Å². The Morgan fingerprint density at radius 2 is 2.70 bits per heavy atom. The molecule has 0 fully saturated rings. The first kappa shape index (κ1) is 5.46. The molecule has 4 nitrogen and oxygen atoms in total. The molecule has 2 rings (SSSR count). The van der Waals surface area contributed by atoms with E-state index in [0.717, 1.165) is 12.1 Å². The molecule has 0 amide bonds. The molecule has 1 aliphatic carbocycles. The first-order chi connectivity index (χ1) is 4.88. The summed E-state index contributed by atoms with van der Waals surface area (Å²) in [5.74, 6) is 0. The molecule has 1 atom stereocenters. The topological polar surface area (TPSA) is 50.5 Å². The maximum atomic E-state index is 10.8. The van der Waals surface area contributed by atoms with Crippen molar-refractivity contribution in [1.82, 2.24) is 5.43 Å². The Balaban J connectivity index is 2.32. The third kappa shape index (κ3) is 0.618. The maximum Gasteiger partial charge on any atom is 0.201 e. The highest BCUT2D eigenvalue weighted by molar-refractivity contribution is 5.20. The monoisotopic (exact) mass is 137 g/mol. The SMILES string of the molecule is [O-][N+]1=NNC2=CCC=CC21. The van der Waals surface area contributed by atoms with E-state index in [1.165, 1.54) is 0 Å². The fraction of sp³-hybridized carbons (Fsp3) is 0.333. The Hall–Kier alpha value is -1.32. The van der Waals surface area contributed by atoms with Crippen LogP contribution in [0.2, 0.25) is 0 Å². The first-order valence-electron chi connectivity index (χ1n) is 3.17. The van der Waals surface area contributed by atoms with Crippen LogP contribution in [0.3, 0.4) is 0 Å². The molecule has 0 spiro atoms. The van der Waals surface area contributed by atoms with Crippen LogP contribution in [0.25, 0.3) is 0 Å². The lowest BCUT2D eigenvalue weighted by molar-refractivity contribution is -0.537. The summed E-state index contributed by atoms with van der Waals surface area (Å²) in [6.45, 7) is 0. The number of hydrogen-bond donors (Lipinski definition) is 1. The Kier molecular flexibility index (Phi) is 1.00. The van der Waals surface area contributed by atoms with Gasteiger partial charge < -0.3 is 5.21 Å². The molecule has 4 heteroatoms. The van der Waals surface area contributed by atoms with Gasteiger partial charge in [-0.15, -0.1) is 5.43 Å². The summed E-state index contributed by atoms with van der Waals surface area (Å²) in [4.78, 5) is 0.668. The average molecular weight is 137 g/mol. The quantitative estimate of drug-likeness (QED) is 0.303. The first-order valence-corrected chi connectivity index (χ1v) is 3.17. The molecule has 0 bridgehead atoms. The number of allylic oxidation sites excluding steroid dienone is 2. The van der Waals surface area contributed by atoms with Crippen molar-refractivity contribution in [3.63, 3.8) is 0 Å². The van der Waals surface area contributed by atoms with Crippen LogP contribution < -0.4 is 5.43 Å². The summed E-state index contributed by atoms with van der Waals surface area (Å²) in [6.07, 6.45) is 6.67. The molecule has 10 heavy (non-hydrogen) atoms. The molecule has 1 heterocycles. The Morgan fingerprint density at radius 1 is 1.80 bits per heavy atom. The third-order valence-corrected chi connectivity index (χ3v) is 1.63. The van der Waals surface area contributed by atoms with Crippen LogP contribution in [0.1, 0.15) is 6.42 Å². The van der Waals surface area contributed by atoms with Crippen LogP contribution in [-0.2, 0) is 0 Å². The second-order valence-electron chi connectivity index (χ2n) is 2.28. The number of hydrogen-bond acceptors (Lipinski definition) is 3. The van der Waals surface area contributed by atoms with Crippen LogP contribution in [-0.4, -0.2) is 10.9 Å². The second kappa shape index (κ2) is 1.83. The molecule has 1 N–H and O–H groups in total. The van der Waals surface area contributed by atoms with Crippen LogP contribution in [0.5, 0.6) is 0 Å². The maximum absolute atomic E-state index is 10.8. The van der Waals surface area contributed by atoms with Gasteiger partial charge in [0.05, 0.1) is 5.22 Å². The van der Waals surface area contributed by atoms with Gasteiger partial charge in [-0.3, -0.25) is 0 Å². The molecule has 1 aliphatic heterocycles. The molecule has 52 valence electrons. The summed E-state index contributed by atoms with van der Waals surface area (Å²) < 4.78 is 0. The molecule has 2 aliphatic rings. The molecule has 0 aromatic carbocycles. The lowest BCUT2D eigenvalue weighted by atomic mass is 10.1. The smallest absolute Gasteiger partial charge is 0.201 e. The van der Waals surface area contributed by atoms with E-state index in [0.29, 0.717) is 4.86 Å². The largest absolute Gasteiger partial charge is 0.695 e. The van der Waals surface area contributed by atoms with E-state index in [-0.39, 0.29) is 6.04 Å². The fourth-order valence-electron chi connectivity index (χ4n) is 1.10. The lowest BCUT2D eigenvalue weighted by Gasteiger charge is -2.08. The number of nitrogens with zero attached hydrogens (tertiary/aromatic N) is 2. The van der Waals surface area contributed by atoms with Gasteiger partial charge in [0.1, 0.15) is 0 Å². The summed E-state index contributed by atoms with van der Waals surface area (Å²) >= 11 is 0. The van der Waals surface area contributed by atoms with Crippen LogP contribution in [0.4, 0.5) is 0 Å². The zero-order valence-electron chi connectivity index (χ0n) is 5.32. The number of rotatable bonds is 0. The number of nitrogens with one attached hydrogen (secondary N) is 1. The van der Waals surface area contributed by atoms with E-state index in [1.807, 2.05) is 18.2 Å². The minimum absolute atomic E-state index is 0.186. The highest BCUT2D eigenvalue weighted by atomic mass is 16.5. The summed E-state index contributed by atoms with van der Waals surface area (Å²) in [5, 5.41) is 14.3. The number of hydroxylamine groups is 1. The van der Waals surface area contributed by atoms with Crippen molar-refractivity contribution in [3.05, 3.63) is 29.1 Å². The molecule has 0 aromatic rings. The van der Waals surface area contributed by atoms with Gasteiger partial charge in [-0.2, -0.15) is 4.86 Å². The van der Waals surface area contributed by atoms with Gasteiger partial charge in [0, 0.05) is 0 Å². The normalized spacial score (nSPS) is 28.6. The van der Waals surface area contributed by atoms with Crippen molar-refractivity contribution in [2.45, 2.75) is 12.5 Å². The predicted molar refractivity (Wildman–Crippen MR) is 34.8 cm³/mol. The summed E-state index contributed by atoms with van der Waals surface area (Å²) in [5.41, 5.74) is 3.56. The zero-order chi connectivity index (χ0) is 6.97. The minimum Gasteiger partial charge on any atom is -0.695 e. The average Bonchev–Trinajstić information content (AvgIpc) is 2.34. The van der Waals surface area contributed by atoms with Crippen molar-refractivity contribution < 1.29 is 4.86 Å². The van der Waals surface area contributed by atoms with E-state index in [4.69, 9.17) is 0 Å². The molecule has 0 radical (unpaired) electrons. The molecule has 1 unspecified atom stereocenters. The lowest BCUT2D eigenvalue weighted by Crippen LogP contribution is -2.18. The highest BCUT2D eigenvalue weighted by Gasteiger charge is 2.26. The highest BCUT2D eigenvalue weighted by Crippen LogP contribution is 2.16. The summed E-state index contributed by atoms with van der Waals surface area (Å²) in [7, 11) is 0. The molecular formula is C6H7N3O.